The Balaban J connectivity index is 1.63. The molecule has 0 amide bonds. The summed E-state index contributed by atoms with van der Waals surface area (Å²) in [7, 11) is 0. The fourth-order valence-electron chi connectivity index (χ4n) is 4.81. The van der Waals surface area contributed by atoms with Gasteiger partial charge in [-0.15, -0.1) is 0 Å². The van der Waals surface area contributed by atoms with Gasteiger partial charge in [0.05, 0.1) is 5.92 Å². The maximum absolute atomic E-state index is 12.7. The molecule has 0 spiro atoms. The van der Waals surface area contributed by atoms with Crippen LogP contribution < -0.4 is 0 Å². The van der Waals surface area contributed by atoms with Crippen molar-refractivity contribution in [3.05, 3.63) is 0 Å². The lowest BCUT2D eigenvalue weighted by atomic mass is 9.70. The molecule has 0 aromatic rings. The molecule has 0 saturated heterocycles. The first kappa shape index (κ1) is 18.1. The maximum Gasteiger partial charge on any atom is 0.391 e. The van der Waals surface area contributed by atoms with Gasteiger partial charge in [-0.2, -0.15) is 13.2 Å². The van der Waals surface area contributed by atoms with Gasteiger partial charge in [-0.25, -0.2) is 0 Å². The molecule has 2 rings (SSSR count). The highest BCUT2D eigenvalue weighted by Crippen LogP contribution is 2.41. The number of hydrogen-bond acceptors (Lipinski definition) is 0. The van der Waals surface area contributed by atoms with E-state index in [1.165, 1.54) is 57.8 Å². The average Bonchev–Trinajstić information content (AvgIpc) is 2.52. The summed E-state index contributed by atoms with van der Waals surface area (Å²) >= 11 is 0. The zero-order valence-corrected chi connectivity index (χ0v) is 14.1. The molecule has 0 bridgehead atoms. The lowest BCUT2D eigenvalue weighted by Crippen LogP contribution is -2.24. The predicted octanol–water partition coefficient (Wildman–Crippen LogP) is 7.13. The van der Waals surface area contributed by atoms with Gasteiger partial charge in [-0.05, 0) is 43.4 Å². The van der Waals surface area contributed by atoms with Crippen LogP contribution in [0, 0.1) is 23.7 Å². The second-order valence-corrected chi connectivity index (χ2v) is 7.76. The maximum atomic E-state index is 12.7. The van der Waals surface area contributed by atoms with Gasteiger partial charge in [0.25, 0.3) is 0 Å². The Kier molecular flexibility index (Phi) is 7.08. The molecule has 1 atom stereocenters. The van der Waals surface area contributed by atoms with Crippen LogP contribution in [0.5, 0.6) is 0 Å². The van der Waals surface area contributed by atoms with Gasteiger partial charge >= 0.3 is 6.18 Å². The molecule has 2 aliphatic carbocycles. The minimum Gasteiger partial charge on any atom is -0.171 e. The van der Waals surface area contributed by atoms with Crippen molar-refractivity contribution in [1.29, 1.82) is 0 Å². The lowest BCUT2D eigenvalue weighted by molar-refractivity contribution is -0.177. The Morgan fingerprint density at radius 3 is 2.00 bits per heavy atom. The van der Waals surface area contributed by atoms with Gasteiger partial charge in [0.1, 0.15) is 0 Å². The van der Waals surface area contributed by atoms with E-state index in [-0.39, 0.29) is 6.42 Å². The van der Waals surface area contributed by atoms with Crippen molar-refractivity contribution in [2.24, 2.45) is 23.7 Å². The molecule has 0 aromatic heterocycles. The third kappa shape index (κ3) is 5.45. The molecule has 2 saturated carbocycles. The second kappa shape index (κ2) is 8.59. The highest BCUT2D eigenvalue weighted by atomic mass is 19.4. The Hall–Kier alpha value is -0.210. The largest absolute Gasteiger partial charge is 0.391 e. The van der Waals surface area contributed by atoms with Crippen molar-refractivity contribution in [1.82, 2.24) is 0 Å². The van der Waals surface area contributed by atoms with Crippen molar-refractivity contribution >= 4 is 0 Å². The standard InChI is InChI=1S/C19H33F3/c1-2-18(19(20,21)22)10-6-7-15-11-13-17(14-12-15)16-8-4-3-5-9-16/h15-18H,2-14H2,1H3/t15-,17-,18?. The predicted molar refractivity (Wildman–Crippen MR) is 85.7 cm³/mol. The molecule has 2 fully saturated rings. The number of alkyl halides is 3. The Labute approximate surface area is 134 Å². The van der Waals surface area contributed by atoms with E-state index < -0.39 is 12.1 Å². The van der Waals surface area contributed by atoms with E-state index in [4.69, 9.17) is 0 Å². The van der Waals surface area contributed by atoms with Crippen LogP contribution in [0.1, 0.15) is 90.4 Å². The fraction of sp³-hybridized carbons (Fsp3) is 1.00. The molecule has 22 heavy (non-hydrogen) atoms. The van der Waals surface area contributed by atoms with Crippen LogP contribution in [0.3, 0.4) is 0 Å². The van der Waals surface area contributed by atoms with Crippen molar-refractivity contribution in [2.75, 3.05) is 0 Å². The van der Waals surface area contributed by atoms with Crippen LogP contribution in [-0.4, -0.2) is 6.18 Å². The molecule has 0 nitrogen and oxygen atoms in total. The summed E-state index contributed by atoms with van der Waals surface area (Å²) in [5, 5.41) is 0. The van der Waals surface area contributed by atoms with E-state index in [0.717, 1.165) is 24.7 Å². The molecule has 3 heteroatoms. The van der Waals surface area contributed by atoms with E-state index in [9.17, 15) is 13.2 Å². The molecule has 0 radical (unpaired) electrons. The first-order valence-corrected chi connectivity index (χ1v) is 9.57. The fourth-order valence-corrected chi connectivity index (χ4v) is 4.81. The summed E-state index contributed by atoms with van der Waals surface area (Å²) < 4.78 is 38.2. The third-order valence-electron chi connectivity index (χ3n) is 6.33. The molecule has 0 aliphatic heterocycles. The topological polar surface area (TPSA) is 0 Å². The van der Waals surface area contributed by atoms with Crippen LogP contribution in [0.4, 0.5) is 13.2 Å². The summed E-state index contributed by atoms with van der Waals surface area (Å²) in [4.78, 5) is 0. The molecular formula is C19H33F3. The summed E-state index contributed by atoms with van der Waals surface area (Å²) in [5.74, 6) is 1.51. The second-order valence-electron chi connectivity index (χ2n) is 7.76. The zero-order chi connectivity index (χ0) is 16.0. The summed E-state index contributed by atoms with van der Waals surface area (Å²) in [6, 6.07) is 0. The normalized spacial score (nSPS) is 29.5. The molecule has 1 unspecified atom stereocenters. The smallest absolute Gasteiger partial charge is 0.171 e. The molecular weight excluding hydrogens is 285 g/mol. The third-order valence-corrected chi connectivity index (χ3v) is 6.33. The minimum absolute atomic E-state index is 0.234. The number of halogens is 3. The van der Waals surface area contributed by atoms with Gasteiger partial charge in [0.15, 0.2) is 0 Å². The quantitative estimate of drug-likeness (QED) is 0.488. The van der Waals surface area contributed by atoms with E-state index in [0.29, 0.717) is 12.3 Å². The van der Waals surface area contributed by atoms with E-state index in [2.05, 4.69) is 0 Å². The van der Waals surface area contributed by atoms with Crippen molar-refractivity contribution in [3.63, 3.8) is 0 Å². The minimum atomic E-state index is -3.99. The average molecular weight is 318 g/mol. The summed E-state index contributed by atoms with van der Waals surface area (Å²) in [6.45, 7) is 1.66. The molecule has 0 heterocycles. The highest BCUT2D eigenvalue weighted by molar-refractivity contribution is 4.80. The first-order valence-electron chi connectivity index (χ1n) is 9.57. The van der Waals surface area contributed by atoms with E-state index in [1.54, 1.807) is 6.92 Å². The summed E-state index contributed by atoms with van der Waals surface area (Å²) in [6.07, 6.45) is 10.7. The van der Waals surface area contributed by atoms with Gasteiger partial charge in [0, 0.05) is 0 Å². The summed E-state index contributed by atoms with van der Waals surface area (Å²) in [5.41, 5.74) is 0. The SMILES string of the molecule is CCC(CCC[C@H]1CC[C@H](C2CCCCC2)CC1)C(F)(F)F. The Morgan fingerprint density at radius 1 is 0.864 bits per heavy atom. The van der Waals surface area contributed by atoms with Crippen molar-refractivity contribution in [2.45, 2.75) is 96.6 Å². The molecule has 0 aromatic carbocycles. The van der Waals surface area contributed by atoms with Crippen molar-refractivity contribution < 1.29 is 13.2 Å². The van der Waals surface area contributed by atoms with Gasteiger partial charge < -0.3 is 0 Å². The van der Waals surface area contributed by atoms with Gasteiger partial charge in [-0.3, -0.25) is 0 Å². The van der Waals surface area contributed by atoms with Crippen LogP contribution in [0.2, 0.25) is 0 Å². The molecule has 130 valence electrons. The lowest BCUT2D eigenvalue weighted by Gasteiger charge is -2.36. The highest BCUT2D eigenvalue weighted by Gasteiger charge is 2.37. The number of rotatable bonds is 6. The Bertz CT molecular complexity index is 296. The Morgan fingerprint density at radius 2 is 1.45 bits per heavy atom. The van der Waals surface area contributed by atoms with Crippen LogP contribution >= 0.6 is 0 Å². The van der Waals surface area contributed by atoms with Gasteiger partial charge in [0.2, 0.25) is 0 Å². The van der Waals surface area contributed by atoms with E-state index >= 15 is 0 Å². The zero-order valence-electron chi connectivity index (χ0n) is 14.1. The molecule has 2 aliphatic rings. The first-order chi connectivity index (χ1) is 10.5. The van der Waals surface area contributed by atoms with Crippen molar-refractivity contribution in [3.8, 4) is 0 Å². The monoisotopic (exact) mass is 318 g/mol. The van der Waals surface area contributed by atoms with Gasteiger partial charge in [-0.1, -0.05) is 64.7 Å². The van der Waals surface area contributed by atoms with E-state index in [1.807, 2.05) is 0 Å². The van der Waals surface area contributed by atoms with Crippen LogP contribution in [0.15, 0.2) is 0 Å². The number of hydrogen-bond donors (Lipinski definition) is 0. The van der Waals surface area contributed by atoms with Crippen LogP contribution in [0.25, 0.3) is 0 Å². The molecule has 0 N–H and O–H groups in total. The van der Waals surface area contributed by atoms with Crippen LogP contribution in [-0.2, 0) is 0 Å².